The Kier molecular flexibility index (Phi) is 6.69. The maximum Gasteiger partial charge on any atom is 0.328 e. The van der Waals surface area contributed by atoms with Crippen LogP contribution < -0.4 is 9.47 Å². The predicted molar refractivity (Wildman–Crippen MR) is 131 cm³/mol. The third-order valence-electron chi connectivity index (χ3n) is 6.06. The van der Waals surface area contributed by atoms with Gasteiger partial charge in [-0.1, -0.05) is 6.07 Å². The summed E-state index contributed by atoms with van der Waals surface area (Å²) in [5, 5.41) is 48.5. The number of methoxy groups -OCH3 is 2. The molecule has 37 heavy (non-hydrogen) atoms. The first kappa shape index (κ1) is 25.4. The number of carboxylic acids is 1. The molecule has 1 heterocycles. The number of fused-ring (bicyclic) bond motifs is 4. The van der Waals surface area contributed by atoms with Crippen LogP contribution in [-0.4, -0.2) is 63.7 Å². The first-order valence-corrected chi connectivity index (χ1v) is 11.0. The second-order valence-corrected chi connectivity index (χ2v) is 8.45. The molecule has 1 aliphatic heterocycles. The third kappa shape index (κ3) is 4.74. The zero-order valence-corrected chi connectivity index (χ0v) is 19.9. The van der Waals surface area contributed by atoms with Crippen molar-refractivity contribution in [1.82, 2.24) is 0 Å². The minimum Gasteiger partial charge on any atom is -0.504 e. The summed E-state index contributed by atoms with van der Waals surface area (Å²) >= 11 is 0. The van der Waals surface area contributed by atoms with E-state index in [0.717, 1.165) is 11.6 Å². The van der Waals surface area contributed by atoms with Crippen LogP contribution in [0.1, 0.15) is 16.7 Å². The number of hydrogen-bond acceptors (Lipinski definition) is 9. The number of ketones is 1. The maximum absolute atomic E-state index is 11.5. The number of aromatic hydroxyl groups is 2. The Bertz CT molecular complexity index is 1410. The number of aliphatic hydroxyl groups is 2. The summed E-state index contributed by atoms with van der Waals surface area (Å²) < 4.78 is 15.5. The van der Waals surface area contributed by atoms with Crippen molar-refractivity contribution in [1.29, 1.82) is 0 Å². The lowest BCUT2D eigenvalue weighted by atomic mass is 9.85. The van der Waals surface area contributed by atoms with E-state index in [1.165, 1.54) is 37.5 Å². The number of allylic oxidation sites excluding steroid dienone is 2. The van der Waals surface area contributed by atoms with E-state index >= 15 is 0 Å². The largest absolute Gasteiger partial charge is 0.504 e. The van der Waals surface area contributed by atoms with E-state index in [0.29, 0.717) is 33.8 Å². The highest BCUT2D eigenvalue weighted by Crippen LogP contribution is 2.50. The van der Waals surface area contributed by atoms with Gasteiger partial charge in [0.15, 0.2) is 28.8 Å². The van der Waals surface area contributed by atoms with Gasteiger partial charge in [0, 0.05) is 23.6 Å². The second kappa shape index (κ2) is 9.75. The molecule has 1 atom stereocenters. The number of phenolic OH excluding ortho intramolecular Hbond substituents is 2. The molecule has 0 aromatic heterocycles. The highest BCUT2D eigenvalue weighted by atomic mass is 16.5. The van der Waals surface area contributed by atoms with Crippen LogP contribution in [0.2, 0.25) is 0 Å². The lowest BCUT2D eigenvalue weighted by Crippen LogP contribution is -2.39. The predicted octanol–water partition coefficient (Wildman–Crippen LogP) is 2.88. The molecule has 3 aliphatic rings. The Morgan fingerprint density at radius 3 is 2.41 bits per heavy atom. The van der Waals surface area contributed by atoms with Crippen LogP contribution in [0.4, 0.5) is 0 Å². The van der Waals surface area contributed by atoms with Gasteiger partial charge in [-0.3, -0.25) is 4.79 Å². The van der Waals surface area contributed by atoms with Crippen molar-refractivity contribution in [2.24, 2.45) is 0 Å². The normalized spacial score (nSPS) is 19.5. The van der Waals surface area contributed by atoms with Gasteiger partial charge in [-0.25, -0.2) is 4.79 Å². The molecule has 5 N–H and O–H groups in total. The lowest BCUT2D eigenvalue weighted by molar-refractivity contribution is -0.131. The molecule has 1 unspecified atom stereocenters. The Morgan fingerprint density at radius 1 is 1.03 bits per heavy atom. The number of carbonyl (C=O) groups excluding carboxylic acids is 1. The van der Waals surface area contributed by atoms with E-state index in [1.807, 2.05) is 0 Å². The topological polar surface area (TPSA) is 163 Å². The molecule has 2 aromatic rings. The Hall–Kier alpha value is -4.70. The van der Waals surface area contributed by atoms with Crippen LogP contribution in [0.15, 0.2) is 65.7 Å². The van der Waals surface area contributed by atoms with E-state index in [1.54, 1.807) is 25.3 Å². The molecule has 10 nitrogen and oxygen atoms in total. The Balaban J connectivity index is 0.000000188. The van der Waals surface area contributed by atoms with Crippen molar-refractivity contribution >= 4 is 23.4 Å². The molecule has 0 bridgehead atoms. The summed E-state index contributed by atoms with van der Waals surface area (Å²) in [6, 6.07) is 7.95. The minimum absolute atomic E-state index is 0.0348. The summed E-state index contributed by atoms with van der Waals surface area (Å²) in [6.45, 7) is -0.122. The number of rotatable bonds is 4. The summed E-state index contributed by atoms with van der Waals surface area (Å²) in [5.41, 5.74) is 1.54. The summed E-state index contributed by atoms with van der Waals surface area (Å²) in [5.74, 6) is -1.37. The van der Waals surface area contributed by atoms with Gasteiger partial charge < -0.3 is 39.7 Å². The van der Waals surface area contributed by atoms with Crippen LogP contribution in [0.3, 0.4) is 0 Å². The number of phenols is 2. The molecular formula is C27H24O10. The third-order valence-corrected chi connectivity index (χ3v) is 6.06. The van der Waals surface area contributed by atoms with Gasteiger partial charge in [0.1, 0.15) is 12.2 Å². The van der Waals surface area contributed by atoms with Crippen LogP contribution in [0, 0.1) is 0 Å². The fourth-order valence-electron chi connectivity index (χ4n) is 4.38. The fourth-order valence-corrected chi connectivity index (χ4v) is 4.38. The smallest absolute Gasteiger partial charge is 0.328 e. The number of aliphatic carboxylic acids is 1. The fraction of sp³-hybridized carbons (Fsp3) is 0.185. The van der Waals surface area contributed by atoms with E-state index in [-0.39, 0.29) is 30.3 Å². The average Bonchev–Trinajstić information content (AvgIpc) is 3.16. The molecule has 192 valence electrons. The molecule has 5 rings (SSSR count). The Morgan fingerprint density at radius 2 is 1.73 bits per heavy atom. The monoisotopic (exact) mass is 508 g/mol. The van der Waals surface area contributed by atoms with E-state index in [2.05, 4.69) is 0 Å². The van der Waals surface area contributed by atoms with Gasteiger partial charge in [0.25, 0.3) is 0 Å². The summed E-state index contributed by atoms with van der Waals surface area (Å²) in [7, 11) is 3.08. The number of carboxylic acid groups (broad SMARTS) is 1. The first-order valence-electron chi connectivity index (χ1n) is 11.0. The van der Waals surface area contributed by atoms with Crippen molar-refractivity contribution in [3.8, 4) is 23.0 Å². The van der Waals surface area contributed by atoms with Gasteiger partial charge in [-0.05, 0) is 59.2 Å². The molecular weight excluding hydrogens is 484 g/mol. The molecule has 0 saturated carbocycles. The SMILES string of the molecule is COc1ccc(C=CC(=O)O)cc1OC.O=C1C=CC2=C3c4cc(O)c(O)cc4CC3(O)COC2=C1O. The zero-order chi connectivity index (χ0) is 26.9. The molecule has 2 aliphatic carbocycles. The maximum atomic E-state index is 11.5. The molecule has 0 fully saturated rings. The first-order chi connectivity index (χ1) is 17.6. The van der Waals surface area contributed by atoms with Crippen LogP contribution in [0.5, 0.6) is 23.0 Å². The molecule has 2 aromatic carbocycles. The molecule has 0 spiro atoms. The minimum atomic E-state index is -1.33. The van der Waals surface area contributed by atoms with Crippen LogP contribution in [0.25, 0.3) is 11.6 Å². The van der Waals surface area contributed by atoms with Gasteiger partial charge >= 0.3 is 5.97 Å². The molecule has 0 saturated heterocycles. The van der Waals surface area contributed by atoms with Gasteiger partial charge in [0.2, 0.25) is 11.5 Å². The number of carbonyl (C=O) groups is 2. The zero-order valence-electron chi connectivity index (χ0n) is 19.9. The number of hydrogen-bond donors (Lipinski definition) is 5. The Labute approximate surface area is 211 Å². The average molecular weight is 508 g/mol. The molecule has 10 heteroatoms. The van der Waals surface area contributed by atoms with Gasteiger partial charge in [-0.15, -0.1) is 0 Å². The van der Waals surface area contributed by atoms with Crippen LogP contribution >= 0.6 is 0 Å². The second-order valence-electron chi connectivity index (χ2n) is 8.45. The van der Waals surface area contributed by atoms with Gasteiger partial charge in [0.05, 0.1) is 14.2 Å². The van der Waals surface area contributed by atoms with E-state index < -0.39 is 23.1 Å². The van der Waals surface area contributed by atoms with E-state index in [9.17, 15) is 30.0 Å². The highest BCUT2D eigenvalue weighted by Gasteiger charge is 2.47. The van der Waals surface area contributed by atoms with Crippen LogP contribution in [-0.2, 0) is 20.7 Å². The summed E-state index contributed by atoms with van der Waals surface area (Å²) in [6.07, 6.45) is 5.46. The van der Waals surface area contributed by atoms with E-state index in [4.69, 9.17) is 19.3 Å². The number of aliphatic hydroxyl groups excluding tert-OH is 1. The van der Waals surface area contributed by atoms with Crippen molar-refractivity contribution in [2.45, 2.75) is 12.0 Å². The van der Waals surface area contributed by atoms with Crippen molar-refractivity contribution in [3.63, 3.8) is 0 Å². The number of benzene rings is 2. The highest BCUT2D eigenvalue weighted by molar-refractivity contribution is 6.06. The quantitative estimate of drug-likeness (QED) is 0.306. The van der Waals surface area contributed by atoms with Gasteiger partial charge in [-0.2, -0.15) is 0 Å². The standard InChI is InChI=1S/C16H12O6.C11H12O4/c17-10-2-1-8-13-9-4-12(19)11(18)3-7(9)5-16(13,21)6-22-15(8)14(10)20;1-14-9-5-3-8(4-6-11(12)13)7-10(9)15-2/h1-4,18-21H,5-6H2;3-7H,1-2H3,(H,12,13). The van der Waals surface area contributed by atoms with Crippen molar-refractivity contribution < 1.29 is 49.3 Å². The lowest BCUT2D eigenvalue weighted by Gasteiger charge is -2.33. The van der Waals surface area contributed by atoms with Crippen molar-refractivity contribution in [3.05, 3.63) is 82.3 Å². The summed E-state index contributed by atoms with van der Waals surface area (Å²) in [4.78, 5) is 21.8. The number of ether oxygens (including phenoxy) is 3. The molecule has 0 amide bonds. The van der Waals surface area contributed by atoms with Crippen molar-refractivity contribution in [2.75, 3.05) is 20.8 Å². The molecule has 0 radical (unpaired) electrons.